The highest BCUT2D eigenvalue weighted by Crippen LogP contribution is 2.26. The van der Waals surface area contributed by atoms with Crippen LogP contribution in [0.1, 0.15) is 10.4 Å². The Hall–Kier alpha value is -2.42. The van der Waals surface area contributed by atoms with Gasteiger partial charge in [-0.1, -0.05) is 0 Å². The van der Waals surface area contributed by atoms with Crippen LogP contribution in [0.4, 0.5) is 0 Å². The number of rotatable bonds is 3. The molecule has 0 aliphatic carbocycles. The molecule has 9 heteroatoms. The topological polar surface area (TPSA) is 118 Å². The van der Waals surface area contributed by atoms with E-state index >= 15 is 0 Å². The first kappa shape index (κ1) is 13.0. The number of aromatic nitrogens is 4. The zero-order valence-corrected chi connectivity index (χ0v) is 10.5. The lowest BCUT2D eigenvalue weighted by molar-refractivity contribution is 0.0693. The van der Waals surface area contributed by atoms with E-state index in [1.165, 1.54) is 30.2 Å². The minimum Gasteiger partial charge on any atom is -0.478 e. The highest BCUT2D eigenvalue weighted by atomic mass is 32.2. The molecular formula is C10H8N4O4S. The Bertz CT molecular complexity index is 752. The van der Waals surface area contributed by atoms with Gasteiger partial charge in [-0.3, -0.25) is 24.4 Å². The van der Waals surface area contributed by atoms with Gasteiger partial charge in [0.05, 0.1) is 5.56 Å². The van der Waals surface area contributed by atoms with Crippen molar-refractivity contribution in [3.05, 3.63) is 44.7 Å². The highest BCUT2D eigenvalue weighted by Gasteiger charge is 2.13. The average Bonchev–Trinajstić information content (AvgIpc) is 2.36. The quantitative estimate of drug-likeness (QED) is 0.742. The van der Waals surface area contributed by atoms with E-state index in [2.05, 4.69) is 15.1 Å². The molecule has 2 N–H and O–H groups in total. The zero-order chi connectivity index (χ0) is 14.0. The van der Waals surface area contributed by atoms with E-state index in [1.54, 1.807) is 0 Å². The van der Waals surface area contributed by atoms with Crippen LogP contribution in [0, 0.1) is 0 Å². The minimum absolute atomic E-state index is 0.0421. The summed E-state index contributed by atoms with van der Waals surface area (Å²) in [5.41, 5.74) is -1.72. The summed E-state index contributed by atoms with van der Waals surface area (Å²) in [7, 11) is 1.49. The van der Waals surface area contributed by atoms with Crippen LogP contribution in [0.5, 0.6) is 0 Å². The predicted molar refractivity (Wildman–Crippen MR) is 65.4 cm³/mol. The molecule has 19 heavy (non-hydrogen) atoms. The van der Waals surface area contributed by atoms with Gasteiger partial charge in [0.25, 0.3) is 0 Å². The zero-order valence-electron chi connectivity index (χ0n) is 9.65. The predicted octanol–water partition coefficient (Wildman–Crippen LogP) is -0.287. The molecule has 2 aromatic rings. The Kier molecular flexibility index (Phi) is 3.47. The Balaban J connectivity index is 2.48. The standard InChI is InChI=1S/C10H8N4O4S/c1-14-10(12-7(15)8(16)13-14)19-6-4-11-3-2-5(6)9(17)18/h2-4H,1H3,(H,13,16)(H,17,18). The first-order chi connectivity index (χ1) is 8.99. The molecule has 0 radical (unpaired) electrons. The number of nitrogens with zero attached hydrogens (tertiary/aromatic N) is 3. The number of carboxylic acid groups (broad SMARTS) is 1. The lowest BCUT2D eigenvalue weighted by atomic mass is 10.3. The molecule has 98 valence electrons. The summed E-state index contributed by atoms with van der Waals surface area (Å²) >= 11 is 0.930. The number of aromatic amines is 1. The van der Waals surface area contributed by atoms with E-state index in [0.29, 0.717) is 4.90 Å². The van der Waals surface area contributed by atoms with Gasteiger partial charge >= 0.3 is 17.1 Å². The van der Waals surface area contributed by atoms with Gasteiger partial charge in [0.15, 0.2) is 5.16 Å². The van der Waals surface area contributed by atoms with Gasteiger partial charge in [-0.05, 0) is 17.8 Å². The summed E-state index contributed by atoms with van der Waals surface area (Å²) in [4.78, 5) is 41.0. The third-order valence-corrected chi connectivity index (χ3v) is 3.26. The number of hydrogen-bond acceptors (Lipinski definition) is 6. The monoisotopic (exact) mass is 280 g/mol. The van der Waals surface area contributed by atoms with Gasteiger partial charge in [0, 0.05) is 24.3 Å². The van der Waals surface area contributed by atoms with Gasteiger partial charge < -0.3 is 5.11 Å². The van der Waals surface area contributed by atoms with Gasteiger partial charge in [-0.15, -0.1) is 0 Å². The molecule has 0 aromatic carbocycles. The molecule has 2 heterocycles. The summed E-state index contributed by atoms with van der Waals surface area (Å²) in [5.74, 6) is -1.11. The highest BCUT2D eigenvalue weighted by molar-refractivity contribution is 7.99. The van der Waals surface area contributed by atoms with Crippen molar-refractivity contribution in [1.29, 1.82) is 0 Å². The summed E-state index contributed by atoms with van der Waals surface area (Å²) in [6.45, 7) is 0. The molecular weight excluding hydrogens is 272 g/mol. The number of aryl methyl sites for hydroxylation is 1. The van der Waals surface area contributed by atoms with Crippen molar-refractivity contribution in [2.45, 2.75) is 10.1 Å². The second-order valence-electron chi connectivity index (χ2n) is 3.48. The van der Waals surface area contributed by atoms with E-state index in [1.807, 2.05) is 0 Å². The molecule has 0 saturated heterocycles. The fourth-order valence-electron chi connectivity index (χ4n) is 1.29. The van der Waals surface area contributed by atoms with Gasteiger partial charge in [0.1, 0.15) is 0 Å². The Morgan fingerprint density at radius 2 is 2.21 bits per heavy atom. The number of pyridine rings is 1. The maximum atomic E-state index is 11.2. The summed E-state index contributed by atoms with van der Waals surface area (Å²) in [6.07, 6.45) is 2.71. The molecule has 2 aromatic heterocycles. The van der Waals surface area contributed by atoms with Crippen molar-refractivity contribution < 1.29 is 9.90 Å². The summed E-state index contributed by atoms with van der Waals surface area (Å²) in [5, 5.41) is 11.5. The van der Waals surface area contributed by atoms with E-state index in [9.17, 15) is 14.4 Å². The van der Waals surface area contributed by atoms with Crippen LogP contribution in [0.15, 0.2) is 38.1 Å². The van der Waals surface area contributed by atoms with Crippen molar-refractivity contribution in [1.82, 2.24) is 19.7 Å². The van der Waals surface area contributed by atoms with Crippen LogP contribution >= 0.6 is 11.8 Å². The minimum atomic E-state index is -1.11. The molecule has 2 rings (SSSR count). The summed E-state index contributed by atoms with van der Waals surface area (Å²) in [6, 6.07) is 1.34. The fourth-order valence-corrected chi connectivity index (χ4v) is 2.17. The molecule has 8 nitrogen and oxygen atoms in total. The van der Waals surface area contributed by atoms with Gasteiger partial charge in [-0.25, -0.2) is 4.79 Å². The average molecular weight is 280 g/mol. The molecule has 0 unspecified atom stereocenters. The third-order valence-electron chi connectivity index (χ3n) is 2.16. The van der Waals surface area contributed by atoms with Crippen molar-refractivity contribution in [2.24, 2.45) is 7.05 Å². The van der Waals surface area contributed by atoms with Crippen LogP contribution in [0.25, 0.3) is 0 Å². The normalized spacial score (nSPS) is 10.4. The second-order valence-corrected chi connectivity index (χ2v) is 4.49. The third kappa shape index (κ3) is 2.71. The molecule has 0 fully saturated rings. The lowest BCUT2D eigenvalue weighted by Crippen LogP contribution is -2.33. The van der Waals surface area contributed by atoms with E-state index < -0.39 is 17.1 Å². The number of H-pyrrole nitrogens is 1. The SMILES string of the molecule is Cn1[nH]c(=O)c(=O)nc1Sc1cnccc1C(=O)O. The van der Waals surface area contributed by atoms with E-state index in [0.717, 1.165) is 11.8 Å². The molecule has 0 spiro atoms. The number of nitrogens with one attached hydrogen (secondary N) is 1. The van der Waals surface area contributed by atoms with Gasteiger partial charge in [-0.2, -0.15) is 4.98 Å². The summed E-state index contributed by atoms with van der Waals surface area (Å²) < 4.78 is 1.24. The maximum Gasteiger partial charge on any atom is 0.339 e. The van der Waals surface area contributed by atoms with Crippen molar-refractivity contribution >= 4 is 17.7 Å². The number of aromatic carboxylic acids is 1. The first-order valence-electron chi connectivity index (χ1n) is 5.01. The molecule has 0 saturated carbocycles. The number of carbonyl (C=O) groups is 1. The molecule has 0 aliphatic rings. The molecule has 0 bridgehead atoms. The lowest BCUT2D eigenvalue weighted by Gasteiger charge is -2.07. The largest absolute Gasteiger partial charge is 0.478 e. The van der Waals surface area contributed by atoms with Crippen LogP contribution in [0.3, 0.4) is 0 Å². The first-order valence-corrected chi connectivity index (χ1v) is 5.83. The van der Waals surface area contributed by atoms with Crippen LogP contribution in [0.2, 0.25) is 0 Å². The van der Waals surface area contributed by atoms with E-state index in [4.69, 9.17) is 5.11 Å². The fraction of sp³-hybridized carbons (Fsp3) is 0.100. The Morgan fingerprint density at radius 1 is 1.47 bits per heavy atom. The molecule has 0 aliphatic heterocycles. The Morgan fingerprint density at radius 3 is 2.89 bits per heavy atom. The van der Waals surface area contributed by atoms with Crippen molar-refractivity contribution in [3.8, 4) is 0 Å². The van der Waals surface area contributed by atoms with Crippen LogP contribution in [-0.4, -0.2) is 30.8 Å². The smallest absolute Gasteiger partial charge is 0.339 e. The molecule has 0 amide bonds. The Labute approximate surface area is 110 Å². The molecule has 0 atom stereocenters. The van der Waals surface area contributed by atoms with Crippen LogP contribution in [-0.2, 0) is 7.05 Å². The number of carboxylic acids is 1. The number of hydrogen-bond donors (Lipinski definition) is 2. The van der Waals surface area contributed by atoms with Crippen molar-refractivity contribution in [3.63, 3.8) is 0 Å². The van der Waals surface area contributed by atoms with E-state index in [-0.39, 0.29) is 10.7 Å². The van der Waals surface area contributed by atoms with Crippen molar-refractivity contribution in [2.75, 3.05) is 0 Å². The maximum absolute atomic E-state index is 11.2. The second kappa shape index (κ2) is 5.06. The van der Waals surface area contributed by atoms with Crippen LogP contribution < -0.4 is 11.1 Å². The van der Waals surface area contributed by atoms with Gasteiger partial charge in [0.2, 0.25) is 0 Å².